The van der Waals surface area contributed by atoms with Gasteiger partial charge in [-0.2, -0.15) is 0 Å². The summed E-state index contributed by atoms with van der Waals surface area (Å²) in [5.41, 5.74) is 3.66. The van der Waals surface area contributed by atoms with Gasteiger partial charge in [0.2, 0.25) is 11.8 Å². The predicted octanol–water partition coefficient (Wildman–Crippen LogP) is 2.83. The average molecular weight is 327 g/mol. The molecule has 1 unspecified atom stereocenters. The largest absolute Gasteiger partial charge is 0.274 e. The second-order valence-electron chi connectivity index (χ2n) is 5.63. The highest BCUT2D eigenvalue weighted by Gasteiger charge is 2.40. The molecular formula is C17H17N3O2S. The van der Waals surface area contributed by atoms with Crippen molar-refractivity contribution in [3.05, 3.63) is 47.3 Å². The van der Waals surface area contributed by atoms with Crippen LogP contribution < -0.4 is 4.90 Å². The maximum atomic E-state index is 12.6. The van der Waals surface area contributed by atoms with Gasteiger partial charge >= 0.3 is 0 Å². The molecule has 3 rings (SSSR count). The Morgan fingerprint density at radius 3 is 2.61 bits per heavy atom. The van der Waals surface area contributed by atoms with Crippen LogP contribution >= 0.6 is 11.8 Å². The van der Waals surface area contributed by atoms with E-state index in [1.54, 1.807) is 12.3 Å². The summed E-state index contributed by atoms with van der Waals surface area (Å²) in [7, 11) is 0. The highest BCUT2D eigenvalue weighted by atomic mass is 32.2. The summed E-state index contributed by atoms with van der Waals surface area (Å²) in [6.07, 6.45) is 1.83. The van der Waals surface area contributed by atoms with Crippen molar-refractivity contribution in [2.75, 3.05) is 4.90 Å². The molecule has 0 aliphatic carbocycles. The lowest BCUT2D eigenvalue weighted by Crippen LogP contribution is -2.31. The number of amides is 2. The summed E-state index contributed by atoms with van der Waals surface area (Å²) in [6, 6.07) is 7.41. The molecule has 0 N–H and O–H groups in total. The zero-order valence-corrected chi connectivity index (χ0v) is 14.1. The van der Waals surface area contributed by atoms with Crippen molar-refractivity contribution in [1.29, 1.82) is 0 Å². The molecule has 0 saturated carbocycles. The Morgan fingerprint density at radius 1 is 1.13 bits per heavy atom. The van der Waals surface area contributed by atoms with Crippen LogP contribution in [0.1, 0.15) is 23.2 Å². The molecular weight excluding hydrogens is 310 g/mol. The fraction of sp³-hybridized carbons (Fsp3) is 0.294. The Labute approximate surface area is 139 Å². The predicted molar refractivity (Wildman–Crippen MR) is 89.4 cm³/mol. The van der Waals surface area contributed by atoms with Gasteiger partial charge in [0.15, 0.2) is 5.16 Å². The maximum Gasteiger partial charge on any atom is 0.247 e. The third-order valence-corrected chi connectivity index (χ3v) is 4.93. The van der Waals surface area contributed by atoms with Gasteiger partial charge in [-0.15, -0.1) is 0 Å². The Bertz CT molecular complexity index is 791. The average Bonchev–Trinajstić information content (AvgIpc) is 2.77. The molecule has 1 aromatic heterocycles. The summed E-state index contributed by atoms with van der Waals surface area (Å²) in [5, 5.41) is 0.0593. The molecule has 1 saturated heterocycles. The van der Waals surface area contributed by atoms with Gasteiger partial charge in [-0.1, -0.05) is 17.8 Å². The number of anilines is 1. The lowest BCUT2D eigenvalue weighted by atomic mass is 10.1. The molecule has 5 nitrogen and oxygen atoms in total. The van der Waals surface area contributed by atoms with E-state index in [-0.39, 0.29) is 18.2 Å². The Hall–Kier alpha value is -2.21. The minimum atomic E-state index is -0.467. The second-order valence-corrected chi connectivity index (χ2v) is 6.80. The van der Waals surface area contributed by atoms with Gasteiger partial charge in [0.1, 0.15) is 5.25 Å². The van der Waals surface area contributed by atoms with Crippen LogP contribution in [0.4, 0.5) is 5.69 Å². The molecule has 1 fully saturated rings. The number of aryl methyl sites for hydroxylation is 3. The van der Waals surface area contributed by atoms with Gasteiger partial charge in [0.25, 0.3) is 0 Å². The number of hydrogen-bond acceptors (Lipinski definition) is 5. The van der Waals surface area contributed by atoms with E-state index in [0.29, 0.717) is 10.8 Å². The molecule has 1 atom stereocenters. The van der Waals surface area contributed by atoms with Gasteiger partial charge in [-0.05, 0) is 50.1 Å². The van der Waals surface area contributed by atoms with E-state index >= 15 is 0 Å². The quantitative estimate of drug-likeness (QED) is 0.641. The molecule has 1 aliphatic rings. The van der Waals surface area contributed by atoms with Crippen LogP contribution in [-0.4, -0.2) is 27.0 Å². The first kappa shape index (κ1) is 15.7. The molecule has 2 heterocycles. The zero-order valence-electron chi connectivity index (χ0n) is 13.2. The number of benzene rings is 1. The summed E-state index contributed by atoms with van der Waals surface area (Å²) in [4.78, 5) is 34.7. The Morgan fingerprint density at radius 2 is 1.91 bits per heavy atom. The van der Waals surface area contributed by atoms with Crippen LogP contribution in [0, 0.1) is 20.8 Å². The molecule has 0 spiro atoms. The van der Waals surface area contributed by atoms with Crippen LogP contribution in [0.5, 0.6) is 0 Å². The number of thioether (sulfide) groups is 1. The van der Waals surface area contributed by atoms with E-state index in [0.717, 1.165) is 16.8 Å². The summed E-state index contributed by atoms with van der Waals surface area (Å²) in [6.45, 7) is 5.84. The van der Waals surface area contributed by atoms with E-state index in [9.17, 15) is 9.59 Å². The van der Waals surface area contributed by atoms with Gasteiger partial charge in [-0.25, -0.2) is 14.9 Å². The van der Waals surface area contributed by atoms with Crippen LogP contribution in [-0.2, 0) is 9.59 Å². The van der Waals surface area contributed by atoms with E-state index in [1.165, 1.54) is 16.7 Å². The van der Waals surface area contributed by atoms with Crippen molar-refractivity contribution in [3.8, 4) is 0 Å². The number of rotatable bonds is 3. The molecule has 0 bridgehead atoms. The van der Waals surface area contributed by atoms with Gasteiger partial charge in [0.05, 0.1) is 5.69 Å². The van der Waals surface area contributed by atoms with Crippen molar-refractivity contribution < 1.29 is 9.59 Å². The summed E-state index contributed by atoms with van der Waals surface area (Å²) < 4.78 is 0. The third kappa shape index (κ3) is 3.12. The number of imide groups is 1. The minimum Gasteiger partial charge on any atom is -0.274 e. The van der Waals surface area contributed by atoms with Crippen LogP contribution in [0.25, 0.3) is 0 Å². The van der Waals surface area contributed by atoms with E-state index < -0.39 is 5.25 Å². The SMILES string of the molecule is Cc1ccnc(SC2CC(=O)N(c3ccc(C)c(C)c3)C2=O)n1. The zero-order chi connectivity index (χ0) is 16.6. The standard InChI is InChI=1S/C17H17N3O2S/c1-10-4-5-13(8-11(10)2)20-15(21)9-14(16(20)22)23-17-18-7-6-12(3)19-17/h4-8,14H,9H2,1-3H3. The number of hydrogen-bond donors (Lipinski definition) is 0. The second kappa shape index (κ2) is 6.12. The molecule has 23 heavy (non-hydrogen) atoms. The number of carbonyl (C=O) groups excluding carboxylic acids is 2. The van der Waals surface area contributed by atoms with Gasteiger partial charge < -0.3 is 0 Å². The highest BCUT2D eigenvalue weighted by Crippen LogP contribution is 2.33. The van der Waals surface area contributed by atoms with Crippen molar-refractivity contribution in [2.24, 2.45) is 0 Å². The molecule has 0 radical (unpaired) electrons. The normalized spacial score (nSPS) is 17.9. The third-order valence-electron chi connectivity index (χ3n) is 3.87. The number of aromatic nitrogens is 2. The lowest BCUT2D eigenvalue weighted by molar-refractivity contribution is -0.121. The van der Waals surface area contributed by atoms with Gasteiger partial charge in [0, 0.05) is 18.3 Å². The summed E-state index contributed by atoms with van der Waals surface area (Å²) >= 11 is 1.25. The fourth-order valence-corrected chi connectivity index (χ4v) is 3.45. The Balaban J connectivity index is 1.83. The first-order valence-electron chi connectivity index (χ1n) is 7.36. The van der Waals surface area contributed by atoms with E-state index in [4.69, 9.17) is 0 Å². The monoisotopic (exact) mass is 327 g/mol. The van der Waals surface area contributed by atoms with Crippen LogP contribution in [0.15, 0.2) is 35.6 Å². The van der Waals surface area contributed by atoms with Crippen molar-refractivity contribution >= 4 is 29.3 Å². The molecule has 2 amide bonds. The van der Waals surface area contributed by atoms with Crippen LogP contribution in [0.3, 0.4) is 0 Å². The summed E-state index contributed by atoms with van der Waals surface area (Å²) in [5.74, 6) is -0.378. The first-order valence-corrected chi connectivity index (χ1v) is 8.24. The molecule has 118 valence electrons. The smallest absolute Gasteiger partial charge is 0.247 e. The van der Waals surface area contributed by atoms with Crippen molar-refractivity contribution in [3.63, 3.8) is 0 Å². The maximum absolute atomic E-state index is 12.6. The van der Waals surface area contributed by atoms with Crippen LogP contribution in [0.2, 0.25) is 0 Å². The number of nitrogens with zero attached hydrogens (tertiary/aromatic N) is 3. The topological polar surface area (TPSA) is 63.2 Å². The fourth-order valence-electron chi connectivity index (χ4n) is 2.44. The number of carbonyl (C=O) groups is 2. The van der Waals surface area contributed by atoms with Crippen molar-refractivity contribution in [2.45, 2.75) is 37.6 Å². The minimum absolute atomic E-state index is 0.174. The molecule has 2 aromatic rings. The first-order chi connectivity index (χ1) is 11.0. The molecule has 1 aliphatic heterocycles. The highest BCUT2D eigenvalue weighted by molar-refractivity contribution is 8.00. The lowest BCUT2D eigenvalue weighted by Gasteiger charge is -2.16. The molecule has 1 aromatic carbocycles. The Kier molecular flexibility index (Phi) is 4.17. The van der Waals surface area contributed by atoms with Gasteiger partial charge in [-0.3, -0.25) is 9.59 Å². The van der Waals surface area contributed by atoms with E-state index in [2.05, 4.69) is 9.97 Å². The molecule has 6 heteroatoms. The van der Waals surface area contributed by atoms with E-state index in [1.807, 2.05) is 39.0 Å². The van der Waals surface area contributed by atoms with Crippen molar-refractivity contribution in [1.82, 2.24) is 9.97 Å².